The number of hydrogen-bond acceptors (Lipinski definition) is 1. The number of nitrogens with zero attached hydrogens (tertiary/aromatic N) is 1. The number of hydrogen-bond donors (Lipinski definition) is 1. The van der Waals surface area contributed by atoms with Crippen molar-refractivity contribution in [1.82, 2.24) is 9.97 Å². The van der Waals surface area contributed by atoms with Crippen LogP contribution in [0, 0.1) is 6.92 Å². The van der Waals surface area contributed by atoms with Gasteiger partial charge in [-0.25, -0.2) is 4.98 Å². The average molecular weight is 193 g/mol. The summed E-state index contributed by atoms with van der Waals surface area (Å²) in [6.45, 7) is 1.93. The van der Waals surface area contributed by atoms with Crippen LogP contribution >= 0.6 is 11.6 Å². The molecule has 2 aromatic heterocycles. The van der Waals surface area contributed by atoms with Crippen LogP contribution in [0.2, 0.25) is 5.15 Å². The quantitative estimate of drug-likeness (QED) is 0.692. The van der Waals surface area contributed by atoms with Gasteiger partial charge in [-0.1, -0.05) is 11.6 Å². The lowest BCUT2D eigenvalue weighted by Gasteiger charge is -2.00. The van der Waals surface area contributed by atoms with Crippen LogP contribution in [-0.2, 0) is 0 Å². The van der Waals surface area contributed by atoms with Gasteiger partial charge in [0.25, 0.3) is 0 Å². The van der Waals surface area contributed by atoms with Gasteiger partial charge in [-0.05, 0) is 31.2 Å². The first kappa shape index (κ1) is 8.32. The van der Waals surface area contributed by atoms with Crippen molar-refractivity contribution in [2.45, 2.75) is 6.92 Å². The van der Waals surface area contributed by atoms with Gasteiger partial charge in [0.1, 0.15) is 5.15 Å². The molecule has 1 N–H and O–H groups in total. The second-order valence-corrected chi connectivity index (χ2v) is 3.29. The van der Waals surface area contributed by atoms with E-state index in [0.29, 0.717) is 5.15 Å². The Balaban J connectivity index is 2.53. The summed E-state index contributed by atoms with van der Waals surface area (Å²) in [6, 6.07) is 7.81. The Hall–Kier alpha value is -1.28. The van der Waals surface area contributed by atoms with Crippen molar-refractivity contribution in [2.75, 3.05) is 0 Å². The van der Waals surface area contributed by atoms with E-state index in [0.717, 1.165) is 17.0 Å². The summed E-state index contributed by atoms with van der Waals surface area (Å²) in [5.41, 5.74) is 3.06. The molecule has 66 valence electrons. The molecule has 3 heteroatoms. The molecule has 2 aromatic rings. The molecule has 0 spiro atoms. The third kappa shape index (κ3) is 1.73. The number of nitrogens with one attached hydrogen (secondary N) is 1. The number of aromatic nitrogens is 2. The maximum atomic E-state index is 5.84. The van der Waals surface area contributed by atoms with Gasteiger partial charge in [-0.15, -0.1) is 0 Å². The molecule has 2 rings (SSSR count). The van der Waals surface area contributed by atoms with Crippen LogP contribution in [0.25, 0.3) is 11.3 Å². The SMILES string of the molecule is Cc1cc(-c2ccc[nH]2)cc(Cl)n1. The second-order valence-electron chi connectivity index (χ2n) is 2.90. The zero-order chi connectivity index (χ0) is 9.26. The zero-order valence-corrected chi connectivity index (χ0v) is 7.97. The molecule has 0 aliphatic heterocycles. The first-order valence-corrected chi connectivity index (χ1v) is 4.41. The van der Waals surface area contributed by atoms with Gasteiger partial charge in [0.15, 0.2) is 0 Å². The van der Waals surface area contributed by atoms with Crippen molar-refractivity contribution in [3.05, 3.63) is 41.3 Å². The number of pyridine rings is 1. The monoisotopic (exact) mass is 192 g/mol. The molecule has 0 aliphatic carbocycles. The van der Waals surface area contributed by atoms with E-state index in [9.17, 15) is 0 Å². The minimum atomic E-state index is 0.532. The minimum absolute atomic E-state index is 0.532. The van der Waals surface area contributed by atoms with Crippen molar-refractivity contribution in [3.63, 3.8) is 0 Å². The van der Waals surface area contributed by atoms with E-state index in [1.165, 1.54) is 0 Å². The molecular weight excluding hydrogens is 184 g/mol. The Kier molecular flexibility index (Phi) is 2.07. The van der Waals surface area contributed by atoms with Gasteiger partial charge in [0.05, 0.1) is 0 Å². The molecule has 2 heterocycles. The van der Waals surface area contributed by atoms with E-state index < -0.39 is 0 Å². The van der Waals surface area contributed by atoms with Gasteiger partial charge in [-0.3, -0.25) is 0 Å². The lowest BCUT2D eigenvalue weighted by molar-refractivity contribution is 1.20. The fourth-order valence-corrected chi connectivity index (χ4v) is 1.54. The first-order valence-electron chi connectivity index (χ1n) is 4.03. The number of halogens is 1. The molecule has 13 heavy (non-hydrogen) atoms. The summed E-state index contributed by atoms with van der Waals surface area (Å²) < 4.78 is 0. The van der Waals surface area contributed by atoms with E-state index >= 15 is 0 Å². The number of rotatable bonds is 1. The Bertz CT molecular complexity index is 387. The average Bonchev–Trinajstić information content (AvgIpc) is 2.53. The van der Waals surface area contributed by atoms with E-state index in [2.05, 4.69) is 9.97 Å². The van der Waals surface area contributed by atoms with E-state index in [1.807, 2.05) is 37.4 Å². The van der Waals surface area contributed by atoms with Gasteiger partial charge in [-0.2, -0.15) is 0 Å². The third-order valence-electron chi connectivity index (χ3n) is 1.83. The predicted molar refractivity (Wildman–Crippen MR) is 53.8 cm³/mol. The molecule has 0 atom stereocenters. The van der Waals surface area contributed by atoms with Crippen molar-refractivity contribution < 1.29 is 0 Å². The standard InChI is InChI=1S/C10H9ClN2/c1-7-5-8(6-10(11)13-7)9-3-2-4-12-9/h2-6,12H,1H3. The predicted octanol–water partition coefficient (Wildman–Crippen LogP) is 3.04. The molecule has 2 nitrogen and oxygen atoms in total. The van der Waals surface area contributed by atoms with Crippen LogP contribution in [-0.4, -0.2) is 9.97 Å². The Morgan fingerprint density at radius 1 is 1.38 bits per heavy atom. The normalized spacial score (nSPS) is 10.3. The number of aryl methyl sites for hydroxylation is 1. The van der Waals surface area contributed by atoms with Crippen molar-refractivity contribution in [2.24, 2.45) is 0 Å². The lowest BCUT2D eigenvalue weighted by Crippen LogP contribution is -1.84. The molecule has 0 saturated carbocycles. The molecule has 0 aliphatic rings. The van der Waals surface area contributed by atoms with Gasteiger partial charge < -0.3 is 4.98 Å². The summed E-state index contributed by atoms with van der Waals surface area (Å²) in [7, 11) is 0. The van der Waals surface area contributed by atoms with Crippen LogP contribution in [0.4, 0.5) is 0 Å². The highest BCUT2D eigenvalue weighted by Gasteiger charge is 2.00. The van der Waals surface area contributed by atoms with Crippen molar-refractivity contribution >= 4 is 11.6 Å². The number of aromatic amines is 1. The maximum Gasteiger partial charge on any atom is 0.130 e. The van der Waals surface area contributed by atoms with E-state index in [4.69, 9.17) is 11.6 Å². The van der Waals surface area contributed by atoms with Crippen molar-refractivity contribution in [1.29, 1.82) is 0 Å². The Labute approximate surface area is 81.6 Å². The molecule has 0 saturated heterocycles. The molecule has 0 bridgehead atoms. The summed E-state index contributed by atoms with van der Waals surface area (Å²) in [5, 5.41) is 0.532. The van der Waals surface area contributed by atoms with E-state index in [1.54, 1.807) is 0 Å². The van der Waals surface area contributed by atoms with Gasteiger partial charge in [0, 0.05) is 23.1 Å². The van der Waals surface area contributed by atoms with Crippen LogP contribution in [0.15, 0.2) is 30.5 Å². The van der Waals surface area contributed by atoms with Crippen LogP contribution in [0.5, 0.6) is 0 Å². The topological polar surface area (TPSA) is 28.7 Å². The smallest absolute Gasteiger partial charge is 0.130 e. The summed E-state index contributed by atoms with van der Waals surface area (Å²) in [4.78, 5) is 7.22. The highest BCUT2D eigenvalue weighted by molar-refractivity contribution is 6.29. The van der Waals surface area contributed by atoms with Crippen LogP contribution in [0.3, 0.4) is 0 Å². The molecular formula is C10H9ClN2. The summed E-state index contributed by atoms with van der Waals surface area (Å²) in [6.07, 6.45) is 1.89. The zero-order valence-electron chi connectivity index (χ0n) is 7.21. The fourth-order valence-electron chi connectivity index (χ4n) is 1.29. The third-order valence-corrected chi connectivity index (χ3v) is 2.02. The van der Waals surface area contributed by atoms with Crippen LogP contribution in [0.1, 0.15) is 5.69 Å². The number of H-pyrrole nitrogens is 1. The molecule has 0 radical (unpaired) electrons. The van der Waals surface area contributed by atoms with Gasteiger partial charge in [0.2, 0.25) is 0 Å². The molecule has 0 fully saturated rings. The second kappa shape index (κ2) is 3.23. The van der Waals surface area contributed by atoms with Crippen molar-refractivity contribution in [3.8, 4) is 11.3 Å². The maximum absolute atomic E-state index is 5.84. The molecule has 0 aromatic carbocycles. The molecule has 0 unspecified atom stereocenters. The lowest BCUT2D eigenvalue weighted by atomic mass is 10.2. The van der Waals surface area contributed by atoms with Gasteiger partial charge >= 0.3 is 0 Å². The minimum Gasteiger partial charge on any atom is -0.361 e. The highest BCUT2D eigenvalue weighted by atomic mass is 35.5. The highest BCUT2D eigenvalue weighted by Crippen LogP contribution is 2.20. The van der Waals surface area contributed by atoms with E-state index in [-0.39, 0.29) is 0 Å². The first-order chi connectivity index (χ1) is 6.25. The summed E-state index contributed by atoms with van der Waals surface area (Å²) >= 11 is 5.84. The fraction of sp³-hybridized carbons (Fsp3) is 0.100. The Morgan fingerprint density at radius 2 is 2.23 bits per heavy atom. The van der Waals surface area contributed by atoms with Crippen LogP contribution < -0.4 is 0 Å². The Morgan fingerprint density at radius 3 is 2.85 bits per heavy atom. The molecule has 0 amide bonds. The summed E-state index contributed by atoms with van der Waals surface area (Å²) in [5.74, 6) is 0. The largest absolute Gasteiger partial charge is 0.361 e.